The first-order valence-electron chi connectivity index (χ1n) is 5.37. The van der Waals surface area contributed by atoms with Gasteiger partial charge in [-0.3, -0.25) is 4.79 Å². The van der Waals surface area contributed by atoms with E-state index in [2.05, 4.69) is 15.3 Å². The Labute approximate surface area is 113 Å². The Morgan fingerprint density at radius 2 is 2.16 bits per heavy atom. The fourth-order valence-corrected chi connectivity index (χ4v) is 1.63. The van der Waals surface area contributed by atoms with Crippen molar-refractivity contribution >= 4 is 23.3 Å². The minimum atomic E-state index is -0.687. The lowest BCUT2D eigenvalue weighted by molar-refractivity contribution is 0.100. The van der Waals surface area contributed by atoms with Gasteiger partial charge in [0.15, 0.2) is 0 Å². The summed E-state index contributed by atoms with van der Waals surface area (Å²) in [6, 6.07) is 6.27. The summed E-state index contributed by atoms with van der Waals surface area (Å²) in [4.78, 5) is 18.7. The molecule has 1 aromatic carbocycles. The predicted molar refractivity (Wildman–Crippen MR) is 69.3 cm³/mol. The number of carbonyl (C=O) groups is 1. The second-order valence-corrected chi connectivity index (χ2v) is 4.05. The zero-order valence-electron chi connectivity index (χ0n) is 9.73. The molecular formula is C12H10ClFN4O. The van der Waals surface area contributed by atoms with Crippen LogP contribution in [0.15, 0.2) is 30.5 Å². The third kappa shape index (κ3) is 3.17. The van der Waals surface area contributed by atoms with Gasteiger partial charge in [-0.05, 0) is 17.7 Å². The van der Waals surface area contributed by atoms with Crippen molar-refractivity contribution in [2.24, 2.45) is 5.73 Å². The molecule has 98 valence electrons. The summed E-state index contributed by atoms with van der Waals surface area (Å²) in [7, 11) is 0. The van der Waals surface area contributed by atoms with Crippen molar-refractivity contribution in [3.05, 3.63) is 52.7 Å². The van der Waals surface area contributed by atoms with Crippen molar-refractivity contribution in [3.8, 4) is 0 Å². The number of aromatic nitrogens is 2. The number of anilines is 1. The molecule has 5 nitrogen and oxygen atoms in total. The van der Waals surface area contributed by atoms with Crippen molar-refractivity contribution in [1.82, 2.24) is 9.97 Å². The highest BCUT2D eigenvalue weighted by Gasteiger charge is 2.11. The van der Waals surface area contributed by atoms with Gasteiger partial charge in [-0.25, -0.2) is 9.37 Å². The SMILES string of the molecule is NC(=O)c1cnc(Cl)nc1NCc1ccccc1F. The molecule has 0 atom stereocenters. The lowest BCUT2D eigenvalue weighted by atomic mass is 10.2. The molecule has 2 rings (SSSR count). The third-order valence-corrected chi connectivity index (χ3v) is 2.61. The standard InChI is InChI=1S/C12H10ClFN4O/c13-12-17-6-8(10(15)19)11(18-12)16-5-7-3-1-2-4-9(7)14/h1-4,6H,5H2,(H2,15,19)(H,16,17,18). The van der Waals surface area contributed by atoms with Gasteiger partial charge in [0.05, 0.1) is 5.56 Å². The summed E-state index contributed by atoms with van der Waals surface area (Å²) in [6.07, 6.45) is 1.22. The lowest BCUT2D eigenvalue weighted by Crippen LogP contribution is -2.16. The highest BCUT2D eigenvalue weighted by Crippen LogP contribution is 2.15. The summed E-state index contributed by atoms with van der Waals surface area (Å²) >= 11 is 5.65. The molecule has 0 radical (unpaired) electrons. The number of nitrogens with one attached hydrogen (secondary N) is 1. The van der Waals surface area contributed by atoms with Gasteiger partial charge >= 0.3 is 0 Å². The van der Waals surface area contributed by atoms with E-state index in [0.717, 1.165) is 0 Å². The lowest BCUT2D eigenvalue weighted by Gasteiger charge is -2.09. The Morgan fingerprint density at radius 1 is 1.42 bits per heavy atom. The quantitative estimate of drug-likeness (QED) is 0.839. The minimum Gasteiger partial charge on any atom is -0.365 e. The Bertz CT molecular complexity index is 620. The molecule has 7 heteroatoms. The van der Waals surface area contributed by atoms with Crippen LogP contribution in [-0.2, 0) is 6.54 Å². The van der Waals surface area contributed by atoms with Crippen molar-refractivity contribution in [2.75, 3.05) is 5.32 Å². The van der Waals surface area contributed by atoms with Crippen LogP contribution in [0.1, 0.15) is 15.9 Å². The van der Waals surface area contributed by atoms with Crippen LogP contribution in [0, 0.1) is 5.82 Å². The van der Waals surface area contributed by atoms with Gasteiger partial charge in [-0.1, -0.05) is 18.2 Å². The predicted octanol–water partition coefficient (Wildman–Crippen LogP) is 1.98. The second-order valence-electron chi connectivity index (χ2n) is 3.71. The number of benzene rings is 1. The molecule has 0 aliphatic carbocycles. The highest BCUT2D eigenvalue weighted by atomic mass is 35.5. The molecule has 1 aromatic heterocycles. The number of hydrogen-bond acceptors (Lipinski definition) is 4. The van der Waals surface area contributed by atoms with Crippen molar-refractivity contribution in [2.45, 2.75) is 6.54 Å². The number of primary amides is 1. The smallest absolute Gasteiger partial charge is 0.254 e. The Balaban J connectivity index is 2.22. The van der Waals surface area contributed by atoms with Gasteiger partial charge in [0.25, 0.3) is 5.91 Å². The summed E-state index contributed by atoms with van der Waals surface area (Å²) in [6.45, 7) is 0.153. The maximum Gasteiger partial charge on any atom is 0.254 e. The fourth-order valence-electron chi connectivity index (χ4n) is 1.50. The molecule has 1 heterocycles. The van der Waals surface area contributed by atoms with E-state index >= 15 is 0 Å². The molecule has 19 heavy (non-hydrogen) atoms. The van der Waals surface area contributed by atoms with Gasteiger partial charge in [-0.15, -0.1) is 0 Å². The summed E-state index contributed by atoms with van der Waals surface area (Å²) < 4.78 is 13.4. The maximum absolute atomic E-state index is 13.4. The van der Waals surface area contributed by atoms with Gasteiger partial charge < -0.3 is 11.1 Å². The number of rotatable bonds is 4. The fraction of sp³-hybridized carbons (Fsp3) is 0.0833. The molecule has 0 spiro atoms. The maximum atomic E-state index is 13.4. The normalized spacial score (nSPS) is 10.2. The van der Waals surface area contributed by atoms with Crippen LogP contribution in [0.3, 0.4) is 0 Å². The first-order valence-corrected chi connectivity index (χ1v) is 5.75. The number of amides is 1. The van der Waals surface area contributed by atoms with Crippen LogP contribution in [0.25, 0.3) is 0 Å². The van der Waals surface area contributed by atoms with Crippen LogP contribution >= 0.6 is 11.6 Å². The van der Waals surface area contributed by atoms with Crippen LogP contribution in [0.2, 0.25) is 5.28 Å². The van der Waals surface area contributed by atoms with E-state index in [4.69, 9.17) is 17.3 Å². The first kappa shape index (κ1) is 13.2. The number of carbonyl (C=O) groups excluding carboxylic acids is 1. The molecule has 0 unspecified atom stereocenters. The summed E-state index contributed by atoms with van der Waals surface area (Å²) in [5.74, 6) is -0.862. The van der Waals surface area contributed by atoms with Crippen LogP contribution in [0.5, 0.6) is 0 Å². The zero-order valence-corrected chi connectivity index (χ0v) is 10.5. The van der Waals surface area contributed by atoms with E-state index in [1.54, 1.807) is 18.2 Å². The zero-order chi connectivity index (χ0) is 13.8. The average Bonchev–Trinajstić information content (AvgIpc) is 2.37. The van der Waals surface area contributed by atoms with E-state index in [-0.39, 0.29) is 29.0 Å². The molecular weight excluding hydrogens is 271 g/mol. The van der Waals surface area contributed by atoms with E-state index in [1.807, 2.05) is 0 Å². The molecule has 0 saturated heterocycles. The van der Waals surface area contributed by atoms with Crippen LogP contribution < -0.4 is 11.1 Å². The van der Waals surface area contributed by atoms with E-state index < -0.39 is 5.91 Å². The van der Waals surface area contributed by atoms with E-state index in [1.165, 1.54) is 12.3 Å². The number of halogens is 2. The average molecular weight is 281 g/mol. The molecule has 0 bridgehead atoms. The highest BCUT2D eigenvalue weighted by molar-refractivity contribution is 6.28. The minimum absolute atomic E-state index is 0.0268. The topological polar surface area (TPSA) is 80.9 Å². The van der Waals surface area contributed by atoms with Crippen molar-refractivity contribution in [3.63, 3.8) is 0 Å². The number of hydrogen-bond donors (Lipinski definition) is 2. The first-order chi connectivity index (χ1) is 9.08. The van der Waals surface area contributed by atoms with Gasteiger partial charge in [0, 0.05) is 18.3 Å². The molecule has 3 N–H and O–H groups in total. The molecule has 0 fully saturated rings. The Kier molecular flexibility index (Phi) is 3.91. The molecule has 1 amide bonds. The van der Waals surface area contributed by atoms with E-state index in [9.17, 15) is 9.18 Å². The Morgan fingerprint density at radius 3 is 2.84 bits per heavy atom. The second kappa shape index (κ2) is 5.62. The van der Waals surface area contributed by atoms with Gasteiger partial charge in [-0.2, -0.15) is 4.98 Å². The number of nitrogens with two attached hydrogens (primary N) is 1. The number of nitrogens with zero attached hydrogens (tertiary/aromatic N) is 2. The van der Waals surface area contributed by atoms with E-state index in [0.29, 0.717) is 5.56 Å². The molecule has 2 aromatic rings. The van der Waals surface area contributed by atoms with Crippen LogP contribution in [-0.4, -0.2) is 15.9 Å². The van der Waals surface area contributed by atoms with Crippen molar-refractivity contribution < 1.29 is 9.18 Å². The van der Waals surface area contributed by atoms with Gasteiger partial charge in [0.2, 0.25) is 5.28 Å². The molecule has 0 saturated carbocycles. The summed E-state index contributed by atoms with van der Waals surface area (Å²) in [5, 5.41) is 2.79. The van der Waals surface area contributed by atoms with Gasteiger partial charge in [0.1, 0.15) is 11.6 Å². The monoisotopic (exact) mass is 280 g/mol. The van der Waals surface area contributed by atoms with Crippen LogP contribution in [0.4, 0.5) is 10.2 Å². The molecule has 0 aliphatic rings. The third-order valence-electron chi connectivity index (χ3n) is 2.43. The summed E-state index contributed by atoms with van der Waals surface area (Å²) in [5.41, 5.74) is 5.72. The molecule has 0 aliphatic heterocycles. The largest absolute Gasteiger partial charge is 0.365 e. The Hall–Kier alpha value is -2.21. The van der Waals surface area contributed by atoms with Crippen molar-refractivity contribution in [1.29, 1.82) is 0 Å².